The van der Waals surface area contributed by atoms with Crippen LogP contribution in [-0.4, -0.2) is 60.5 Å². The van der Waals surface area contributed by atoms with Gasteiger partial charge >= 0.3 is 0 Å². The van der Waals surface area contributed by atoms with Crippen molar-refractivity contribution < 1.29 is 4.79 Å². The van der Waals surface area contributed by atoms with Gasteiger partial charge in [0.2, 0.25) is 5.91 Å². The molecule has 2 N–H and O–H groups in total. The molecule has 1 heterocycles. The molecule has 1 saturated heterocycles. The number of hydrogen-bond donors (Lipinski definition) is 2. The number of thioether (sulfide) groups is 1. The van der Waals surface area contributed by atoms with Crippen molar-refractivity contribution in [3.63, 3.8) is 0 Å². The quantitative estimate of drug-likeness (QED) is 0.357. The van der Waals surface area contributed by atoms with Crippen LogP contribution in [0.5, 0.6) is 0 Å². The van der Waals surface area contributed by atoms with E-state index in [1.165, 1.54) is 12.0 Å². The number of rotatable bonds is 4. The first kappa shape index (κ1) is 22.7. The third kappa shape index (κ3) is 6.03. The molecule has 2 unspecified atom stereocenters. The summed E-state index contributed by atoms with van der Waals surface area (Å²) in [6.07, 6.45) is 5.25. The van der Waals surface area contributed by atoms with Crippen molar-refractivity contribution in [1.29, 1.82) is 0 Å². The number of halogens is 1. The lowest BCUT2D eigenvalue weighted by atomic mass is 9.85. The van der Waals surface area contributed by atoms with Crippen LogP contribution in [0.1, 0.15) is 43.6 Å². The van der Waals surface area contributed by atoms with Gasteiger partial charge in [-0.2, -0.15) is 11.8 Å². The fourth-order valence-corrected chi connectivity index (χ4v) is 5.39. The van der Waals surface area contributed by atoms with E-state index in [0.717, 1.165) is 56.2 Å². The van der Waals surface area contributed by atoms with Crippen LogP contribution in [0.2, 0.25) is 0 Å². The summed E-state index contributed by atoms with van der Waals surface area (Å²) < 4.78 is 0. The van der Waals surface area contributed by atoms with Crippen molar-refractivity contribution >= 4 is 47.6 Å². The number of carbonyl (C=O) groups excluding carboxylic acids is 1. The van der Waals surface area contributed by atoms with Gasteiger partial charge in [-0.3, -0.25) is 9.79 Å². The summed E-state index contributed by atoms with van der Waals surface area (Å²) in [6.45, 7) is 1.87. The van der Waals surface area contributed by atoms with Crippen LogP contribution in [-0.2, 0) is 4.79 Å². The number of amides is 1. The first-order valence-electron chi connectivity index (χ1n) is 10.7. The molecule has 2 atom stereocenters. The topological polar surface area (TPSA) is 56.7 Å². The lowest BCUT2D eigenvalue weighted by Crippen LogP contribution is -2.47. The summed E-state index contributed by atoms with van der Waals surface area (Å²) >= 11 is 1.96. The predicted octanol–water partition coefficient (Wildman–Crippen LogP) is 3.46. The fourth-order valence-electron chi connectivity index (χ4n) is 4.49. The molecule has 0 aromatic heterocycles. The van der Waals surface area contributed by atoms with Crippen molar-refractivity contribution in [3.05, 3.63) is 35.9 Å². The molecule has 7 heteroatoms. The molecule has 1 aromatic rings. The van der Waals surface area contributed by atoms with Crippen molar-refractivity contribution in [2.45, 2.75) is 50.1 Å². The molecule has 0 radical (unpaired) electrons. The second-order valence-electron chi connectivity index (χ2n) is 8.21. The maximum absolute atomic E-state index is 12.7. The van der Waals surface area contributed by atoms with Crippen LogP contribution in [0.15, 0.2) is 35.3 Å². The zero-order valence-corrected chi connectivity index (χ0v) is 20.3. The van der Waals surface area contributed by atoms with Crippen molar-refractivity contribution in [2.75, 3.05) is 31.6 Å². The van der Waals surface area contributed by atoms with E-state index in [1.54, 1.807) is 0 Å². The number of hydrogen-bond acceptors (Lipinski definition) is 3. The van der Waals surface area contributed by atoms with E-state index in [1.807, 2.05) is 18.8 Å². The maximum atomic E-state index is 12.7. The minimum atomic E-state index is 0. The Labute approximate surface area is 195 Å². The second-order valence-corrected chi connectivity index (χ2v) is 9.43. The van der Waals surface area contributed by atoms with Crippen LogP contribution in [0.3, 0.4) is 0 Å². The van der Waals surface area contributed by atoms with Crippen molar-refractivity contribution in [3.8, 4) is 0 Å². The van der Waals surface area contributed by atoms with Gasteiger partial charge in [0.1, 0.15) is 0 Å². The third-order valence-electron chi connectivity index (χ3n) is 6.30. The van der Waals surface area contributed by atoms with Gasteiger partial charge in [-0.1, -0.05) is 30.3 Å². The molecule has 3 aliphatic rings. The van der Waals surface area contributed by atoms with Crippen LogP contribution < -0.4 is 10.6 Å². The highest BCUT2D eigenvalue weighted by molar-refractivity contribution is 14.0. The molecule has 0 spiro atoms. The predicted molar refractivity (Wildman–Crippen MR) is 132 cm³/mol. The molecule has 160 valence electrons. The maximum Gasteiger partial charge on any atom is 0.225 e. The molecular weight excluding hydrogens is 495 g/mol. The molecular formula is C22H33IN4OS. The third-order valence-corrected chi connectivity index (χ3v) is 7.25. The van der Waals surface area contributed by atoms with Crippen LogP contribution in [0, 0.1) is 5.92 Å². The summed E-state index contributed by atoms with van der Waals surface area (Å²) in [5.74, 6) is 4.31. The van der Waals surface area contributed by atoms with Gasteiger partial charge in [0.25, 0.3) is 0 Å². The van der Waals surface area contributed by atoms with Crippen molar-refractivity contribution in [2.24, 2.45) is 10.9 Å². The lowest BCUT2D eigenvalue weighted by Gasteiger charge is -2.34. The van der Waals surface area contributed by atoms with E-state index in [2.05, 4.69) is 50.9 Å². The van der Waals surface area contributed by atoms with Crippen LogP contribution in [0.25, 0.3) is 0 Å². The highest BCUT2D eigenvalue weighted by Gasteiger charge is 2.39. The molecule has 2 saturated carbocycles. The number of aliphatic imine (C=N–C) groups is 1. The zero-order valence-electron chi connectivity index (χ0n) is 17.2. The summed E-state index contributed by atoms with van der Waals surface area (Å²) in [7, 11) is 1.85. The van der Waals surface area contributed by atoms with Crippen LogP contribution in [0.4, 0.5) is 0 Å². The van der Waals surface area contributed by atoms with E-state index in [-0.39, 0.29) is 29.9 Å². The normalized spacial score (nSPS) is 29.6. The standard InChI is InChI=1S/C22H32N4OS.HI/c1-23-22(25-20-15-19(20)16-5-3-2-4-6-16)24-18-9-7-17(8-10-18)21(27)26-11-13-28-14-12-26;/h2-6,17-20H,7-15H2,1H3,(H2,23,24,25);1H. The van der Waals surface area contributed by atoms with Gasteiger partial charge in [-0.15, -0.1) is 24.0 Å². The number of nitrogens with one attached hydrogen (secondary N) is 2. The average Bonchev–Trinajstić information content (AvgIpc) is 3.54. The Morgan fingerprint density at radius 1 is 1.07 bits per heavy atom. The molecule has 1 aromatic carbocycles. The van der Waals surface area contributed by atoms with E-state index in [4.69, 9.17) is 0 Å². The van der Waals surface area contributed by atoms with Gasteiger partial charge in [0.15, 0.2) is 5.96 Å². The Bertz CT molecular complexity index is 687. The van der Waals surface area contributed by atoms with E-state index >= 15 is 0 Å². The van der Waals surface area contributed by atoms with E-state index in [0.29, 0.717) is 23.9 Å². The molecule has 5 nitrogen and oxygen atoms in total. The first-order valence-corrected chi connectivity index (χ1v) is 11.8. The number of carbonyl (C=O) groups is 1. The second kappa shape index (κ2) is 10.9. The molecule has 29 heavy (non-hydrogen) atoms. The first-order chi connectivity index (χ1) is 13.7. The van der Waals surface area contributed by atoms with Gasteiger partial charge in [0.05, 0.1) is 0 Å². The number of nitrogens with zero attached hydrogens (tertiary/aromatic N) is 2. The molecule has 3 fully saturated rings. The van der Waals surface area contributed by atoms with Crippen molar-refractivity contribution in [1.82, 2.24) is 15.5 Å². The molecule has 1 aliphatic heterocycles. The van der Waals surface area contributed by atoms with E-state index in [9.17, 15) is 4.79 Å². The lowest BCUT2D eigenvalue weighted by molar-refractivity contribution is -0.136. The molecule has 4 rings (SSSR count). The molecule has 2 aliphatic carbocycles. The summed E-state index contributed by atoms with van der Waals surface area (Å²) in [6, 6.07) is 11.6. The summed E-state index contributed by atoms with van der Waals surface area (Å²) in [4.78, 5) is 19.2. The Hall–Kier alpha value is -0.960. The van der Waals surface area contributed by atoms with Gasteiger partial charge < -0.3 is 15.5 Å². The zero-order chi connectivity index (χ0) is 19.3. The number of benzene rings is 1. The minimum absolute atomic E-state index is 0. The minimum Gasteiger partial charge on any atom is -0.354 e. The van der Waals surface area contributed by atoms with E-state index < -0.39 is 0 Å². The summed E-state index contributed by atoms with van der Waals surface area (Å²) in [5, 5.41) is 7.18. The Morgan fingerprint density at radius 2 is 1.76 bits per heavy atom. The fraction of sp³-hybridized carbons (Fsp3) is 0.636. The van der Waals surface area contributed by atoms with Gasteiger partial charge in [-0.05, 0) is 37.7 Å². The highest BCUT2D eigenvalue weighted by Crippen LogP contribution is 2.40. The molecule has 0 bridgehead atoms. The summed E-state index contributed by atoms with van der Waals surface area (Å²) in [5.41, 5.74) is 1.41. The average molecular weight is 529 g/mol. The number of guanidine groups is 1. The monoisotopic (exact) mass is 528 g/mol. The van der Waals surface area contributed by atoms with Crippen LogP contribution >= 0.6 is 35.7 Å². The smallest absolute Gasteiger partial charge is 0.225 e. The largest absolute Gasteiger partial charge is 0.354 e. The highest BCUT2D eigenvalue weighted by atomic mass is 127. The SMILES string of the molecule is CN=C(NC1CCC(C(=O)N2CCSCC2)CC1)NC1CC1c1ccccc1.I. The Balaban J connectivity index is 0.00000240. The Kier molecular flexibility index (Phi) is 8.53. The molecule has 1 amide bonds. The van der Waals surface area contributed by atoms with Gasteiger partial charge in [0, 0.05) is 55.6 Å². The Morgan fingerprint density at radius 3 is 2.41 bits per heavy atom. The van der Waals surface area contributed by atoms with Gasteiger partial charge in [-0.25, -0.2) is 0 Å².